The number of nitro groups is 2. The molecule has 0 bridgehead atoms. The third kappa shape index (κ3) is 22.2. The summed E-state index contributed by atoms with van der Waals surface area (Å²) >= 11 is 9.24. The highest BCUT2D eigenvalue weighted by Crippen LogP contribution is 2.26. The van der Waals surface area contributed by atoms with Crippen LogP contribution in [0.5, 0.6) is 0 Å². The number of aliphatic hydroxyl groups is 1. The summed E-state index contributed by atoms with van der Waals surface area (Å²) in [5, 5.41) is 34.2. The van der Waals surface area contributed by atoms with Crippen molar-refractivity contribution in [2.75, 3.05) is 54.6 Å². The lowest BCUT2D eigenvalue weighted by Gasteiger charge is -2.31. The number of nitrogens with one attached hydrogen (secondary N) is 1. The van der Waals surface area contributed by atoms with Crippen molar-refractivity contribution < 1.29 is 15.0 Å². The molecule has 1 aliphatic heterocycles. The number of nitro benzene ring substituents is 2. The predicted octanol–water partition coefficient (Wildman–Crippen LogP) is 12.1. The first kappa shape index (κ1) is 59.7. The second kappa shape index (κ2) is 31.7. The fraction of sp³-hybridized carbons (Fsp3) is 0.286. The highest BCUT2D eigenvalue weighted by Gasteiger charge is 2.26. The van der Waals surface area contributed by atoms with Gasteiger partial charge in [-0.2, -0.15) is 0 Å². The molecule has 0 amide bonds. The molecule has 5 aromatic carbocycles. The zero-order chi connectivity index (χ0) is 53.2. The number of fused-ring (bicyclic) bond motifs is 2. The first-order valence-corrected chi connectivity index (χ1v) is 24.7. The molecule has 8 rings (SSSR count). The van der Waals surface area contributed by atoms with Gasteiger partial charge in [0.05, 0.1) is 37.8 Å². The van der Waals surface area contributed by atoms with Crippen molar-refractivity contribution in [3.05, 3.63) is 217 Å². The number of nitrogens with zero attached hydrogens (tertiary/aromatic N) is 7. The molecule has 2 heterocycles. The second-order valence-corrected chi connectivity index (χ2v) is 18.5. The van der Waals surface area contributed by atoms with Crippen molar-refractivity contribution in [3.8, 4) is 0 Å². The predicted molar refractivity (Wildman–Crippen MR) is 302 cm³/mol. The van der Waals surface area contributed by atoms with E-state index in [0.717, 1.165) is 69.5 Å². The Morgan fingerprint density at radius 1 is 0.708 bits per heavy atom. The molecule has 1 aliphatic carbocycles. The van der Waals surface area contributed by atoms with Crippen LogP contribution in [0.25, 0.3) is 10.9 Å². The molecule has 382 valence electrons. The fourth-order valence-corrected chi connectivity index (χ4v) is 7.86. The zero-order valence-electron chi connectivity index (χ0n) is 42.7. The average Bonchev–Trinajstić information content (AvgIpc) is 3.32. The van der Waals surface area contributed by atoms with Gasteiger partial charge >= 0.3 is 0 Å². The Labute approximate surface area is 438 Å². The van der Waals surface area contributed by atoms with Crippen molar-refractivity contribution in [1.29, 1.82) is 0 Å². The van der Waals surface area contributed by atoms with Gasteiger partial charge in [0.1, 0.15) is 0 Å². The fourth-order valence-electron chi connectivity index (χ4n) is 7.20. The number of rotatable bonds is 10. The summed E-state index contributed by atoms with van der Waals surface area (Å²) in [5.74, 6) is 0.311. The first-order chi connectivity index (χ1) is 34.3. The number of aromatic nitrogens is 1. The van der Waals surface area contributed by atoms with Crippen LogP contribution < -0.4 is 11.1 Å². The summed E-state index contributed by atoms with van der Waals surface area (Å²) in [6, 6.07) is 39.7. The summed E-state index contributed by atoms with van der Waals surface area (Å²) < 4.78 is 0. The van der Waals surface area contributed by atoms with Crippen molar-refractivity contribution in [2.45, 2.75) is 51.8 Å². The van der Waals surface area contributed by atoms with Crippen molar-refractivity contribution in [3.63, 3.8) is 0 Å². The number of alkyl halides is 1. The van der Waals surface area contributed by atoms with Crippen molar-refractivity contribution >= 4 is 66.9 Å². The van der Waals surface area contributed by atoms with Gasteiger partial charge in [0.25, 0.3) is 11.4 Å². The minimum Gasteiger partial charge on any atom is -0.399 e. The topological polar surface area (TPSA) is 180 Å². The van der Waals surface area contributed by atoms with E-state index < -0.39 is 4.92 Å². The molecule has 2 unspecified atom stereocenters. The van der Waals surface area contributed by atoms with E-state index in [0.29, 0.717) is 17.3 Å². The van der Waals surface area contributed by atoms with E-state index in [1.54, 1.807) is 31.2 Å². The monoisotopic (exact) mass is 1060 g/mol. The smallest absolute Gasteiger partial charge is 0.269 e. The summed E-state index contributed by atoms with van der Waals surface area (Å²) in [5.41, 5.74) is 16.4. The highest BCUT2D eigenvalue weighted by atomic mass is 79.9. The van der Waals surface area contributed by atoms with Gasteiger partial charge in [-0.15, -0.1) is 0 Å². The molecule has 2 aliphatic rings. The van der Waals surface area contributed by atoms with Gasteiger partial charge < -0.3 is 30.9 Å². The maximum absolute atomic E-state index is 10.4. The van der Waals surface area contributed by atoms with Gasteiger partial charge in [0.15, 0.2) is 0 Å². The van der Waals surface area contributed by atoms with Crippen LogP contribution in [0.2, 0.25) is 5.02 Å². The number of nitrogen functional groups attached to an aromatic ring is 1. The van der Waals surface area contributed by atoms with Crippen LogP contribution in [-0.4, -0.2) is 95.3 Å². The summed E-state index contributed by atoms with van der Waals surface area (Å²) in [6.07, 6.45) is 10.8. The Morgan fingerprint density at radius 3 is 1.76 bits per heavy atom. The molecule has 4 N–H and O–H groups in total. The minimum absolute atomic E-state index is 0.141. The normalized spacial score (nSPS) is 14.6. The number of hydrogen-bond donors (Lipinski definition) is 3. The number of allylic oxidation sites excluding steroid dienone is 4. The molecule has 0 saturated carbocycles. The standard InChI is InChI=1S/C19H23N3.C10H8ClN.C9H12N2O2.C9H14N2.C7H6BrNO2.C2H6O/c1-14-11-19(17-9-4-5-10-18(17)20-14)21-16-8-6-7-15(12-16)13-22(2)3;1-7-6-9(11)8-4-2-3-5-10(8)12-7;1-10(2)7-8-4-3-5-9(6-8)11(12)13;1-11(2)7-8-4-3-5-9(10)6-8;8-5-6-2-1-3-7(4-6)9(10)11;1-2-3/h4-12,17-18,20H,13H2,1-3H3;2-6H,1H3;3-6H,7H2,1-2H3;3-6H,7,10H2,1-2H3;1-4H,5H2;3H,2H2,1H3. The van der Waals surface area contributed by atoms with E-state index in [1.807, 2.05) is 101 Å². The van der Waals surface area contributed by atoms with Crippen LogP contribution in [0.1, 0.15) is 41.8 Å². The van der Waals surface area contributed by atoms with E-state index in [-0.39, 0.29) is 22.9 Å². The number of benzene rings is 5. The van der Waals surface area contributed by atoms with Gasteiger partial charge in [-0.25, -0.2) is 0 Å². The van der Waals surface area contributed by atoms with Gasteiger partial charge in [0.2, 0.25) is 0 Å². The number of aliphatic imine (C=N–C) groups is 1. The Balaban J connectivity index is 0.000000242. The molecular weight excluding hydrogens is 994 g/mol. The number of pyridine rings is 1. The Kier molecular flexibility index (Phi) is 26.3. The van der Waals surface area contributed by atoms with E-state index >= 15 is 0 Å². The third-order valence-electron chi connectivity index (χ3n) is 10.0. The molecule has 6 aromatic rings. The van der Waals surface area contributed by atoms with Gasteiger partial charge in [0, 0.05) is 84.2 Å². The number of para-hydroxylation sites is 1. The Hall–Kier alpha value is -6.59. The lowest BCUT2D eigenvalue weighted by molar-refractivity contribution is -0.385. The molecule has 0 spiro atoms. The maximum atomic E-state index is 10.4. The molecule has 14 nitrogen and oxygen atoms in total. The number of aryl methyl sites for hydroxylation is 1. The highest BCUT2D eigenvalue weighted by molar-refractivity contribution is 9.08. The number of anilines is 1. The number of halogens is 2. The minimum atomic E-state index is -0.397. The number of aliphatic hydroxyl groups excluding tert-OH is 1. The number of nitrogens with two attached hydrogens (primary N) is 1. The number of hydrogen-bond acceptors (Lipinski definition) is 12. The third-order valence-corrected chi connectivity index (χ3v) is 11.0. The maximum Gasteiger partial charge on any atom is 0.269 e. The van der Waals surface area contributed by atoms with Crippen molar-refractivity contribution in [2.24, 2.45) is 10.9 Å². The SMILES string of the molecule is CC1=CC(=Nc2cccc(CN(C)C)c2)C2C=CC=CC2N1.CCO.CN(C)Cc1cccc(N)c1.CN(C)Cc1cccc([N+](=O)[O-])c1.Cc1cc(Cl)c2ccccc2n1.O=[N+]([O-])c1cccc(CBr)c1. The van der Waals surface area contributed by atoms with Gasteiger partial charge in [-0.1, -0.05) is 119 Å². The van der Waals surface area contributed by atoms with Crippen LogP contribution in [0.15, 0.2) is 168 Å². The summed E-state index contributed by atoms with van der Waals surface area (Å²) in [7, 11) is 12.1. The van der Waals surface area contributed by atoms with Crippen LogP contribution in [-0.2, 0) is 25.0 Å². The zero-order valence-corrected chi connectivity index (χ0v) is 45.1. The van der Waals surface area contributed by atoms with Gasteiger partial charge in [-0.05, 0) is 128 Å². The van der Waals surface area contributed by atoms with Gasteiger partial charge in [-0.3, -0.25) is 30.2 Å². The van der Waals surface area contributed by atoms with E-state index in [9.17, 15) is 20.2 Å². The average molecular weight is 1060 g/mol. The molecule has 0 saturated heterocycles. The first-order valence-electron chi connectivity index (χ1n) is 23.2. The summed E-state index contributed by atoms with van der Waals surface area (Å²) in [6.45, 7) is 8.58. The summed E-state index contributed by atoms with van der Waals surface area (Å²) in [4.78, 5) is 35.5. The van der Waals surface area contributed by atoms with Crippen LogP contribution in [0, 0.1) is 33.1 Å². The van der Waals surface area contributed by atoms with Crippen LogP contribution >= 0.6 is 27.5 Å². The van der Waals surface area contributed by atoms with E-state index in [4.69, 9.17) is 27.4 Å². The van der Waals surface area contributed by atoms with E-state index in [1.165, 1.54) is 29.0 Å². The molecule has 2 atom stereocenters. The second-order valence-electron chi connectivity index (χ2n) is 17.5. The molecule has 72 heavy (non-hydrogen) atoms. The van der Waals surface area contributed by atoms with Crippen LogP contribution in [0.3, 0.4) is 0 Å². The molecule has 1 aromatic heterocycles. The molecule has 0 radical (unpaired) electrons. The lowest BCUT2D eigenvalue weighted by Crippen LogP contribution is -2.41. The largest absolute Gasteiger partial charge is 0.399 e. The molecular formula is C56H69BrClN9O5. The van der Waals surface area contributed by atoms with E-state index in [2.05, 4.69) is 118 Å². The van der Waals surface area contributed by atoms with Crippen molar-refractivity contribution in [1.82, 2.24) is 25.0 Å². The van der Waals surface area contributed by atoms with Crippen LogP contribution in [0.4, 0.5) is 22.7 Å². The Morgan fingerprint density at radius 2 is 1.21 bits per heavy atom. The molecule has 0 fully saturated rings. The quantitative estimate of drug-likeness (QED) is 0.0514. The molecule has 16 heteroatoms. The Bertz CT molecular complexity index is 2780. The number of non-ortho nitro benzene ring substituents is 2. The lowest BCUT2D eigenvalue weighted by atomic mass is 9.87.